The molecule has 0 spiro atoms. The fourth-order valence-electron chi connectivity index (χ4n) is 3.17. The second-order valence-corrected chi connectivity index (χ2v) is 6.12. The van der Waals surface area contributed by atoms with Crippen molar-refractivity contribution in [3.8, 4) is 0 Å². The Labute approximate surface area is 129 Å². The smallest absolute Gasteiger partial charge is 0.146 e. The molecule has 0 bridgehead atoms. The minimum atomic E-state index is -0.312. The number of halogens is 2. The maximum atomic E-state index is 14.0. The zero-order valence-electron chi connectivity index (χ0n) is 12.2. The molecular formula is C17H20ClFN2. The van der Waals surface area contributed by atoms with E-state index in [0.29, 0.717) is 18.2 Å². The van der Waals surface area contributed by atoms with Crippen LogP contribution in [-0.4, -0.2) is 11.6 Å². The SMILES string of the molecule is CNC1CCCCc2cn(Cc3cccc(Cl)c3F)cc21. The van der Waals surface area contributed by atoms with Crippen LogP contribution in [0, 0.1) is 5.82 Å². The molecule has 0 fully saturated rings. The number of benzene rings is 1. The Kier molecular flexibility index (Phi) is 4.32. The van der Waals surface area contributed by atoms with Crippen LogP contribution in [-0.2, 0) is 13.0 Å². The molecule has 2 aromatic rings. The van der Waals surface area contributed by atoms with Crippen molar-refractivity contribution in [3.63, 3.8) is 0 Å². The fourth-order valence-corrected chi connectivity index (χ4v) is 3.37. The van der Waals surface area contributed by atoms with Crippen molar-refractivity contribution in [3.05, 3.63) is 58.1 Å². The molecule has 0 saturated carbocycles. The lowest BCUT2D eigenvalue weighted by molar-refractivity contribution is 0.530. The summed E-state index contributed by atoms with van der Waals surface area (Å²) in [6.45, 7) is 0.524. The van der Waals surface area contributed by atoms with Gasteiger partial charge < -0.3 is 9.88 Å². The first-order chi connectivity index (χ1) is 10.2. The average Bonchev–Trinajstić information content (AvgIpc) is 2.77. The normalized spacial score (nSPS) is 18.3. The Balaban J connectivity index is 1.89. The molecule has 0 saturated heterocycles. The number of nitrogens with one attached hydrogen (secondary N) is 1. The van der Waals surface area contributed by atoms with Crippen LogP contribution in [0.25, 0.3) is 0 Å². The van der Waals surface area contributed by atoms with E-state index in [-0.39, 0.29) is 10.8 Å². The van der Waals surface area contributed by atoms with Crippen LogP contribution < -0.4 is 5.32 Å². The Morgan fingerprint density at radius 3 is 3.00 bits per heavy atom. The third-order valence-electron chi connectivity index (χ3n) is 4.29. The van der Waals surface area contributed by atoms with Crippen LogP contribution in [0.15, 0.2) is 30.6 Å². The Bertz CT molecular complexity index is 636. The second-order valence-electron chi connectivity index (χ2n) is 5.71. The summed E-state index contributed by atoms with van der Waals surface area (Å²) in [4.78, 5) is 0. The molecule has 0 amide bonds. The molecule has 0 aliphatic heterocycles. The van der Waals surface area contributed by atoms with Gasteiger partial charge in [-0.15, -0.1) is 0 Å². The molecule has 0 radical (unpaired) electrons. The maximum absolute atomic E-state index is 14.0. The summed E-state index contributed by atoms with van der Waals surface area (Å²) < 4.78 is 16.1. The molecule has 1 N–H and O–H groups in total. The lowest BCUT2D eigenvalue weighted by Gasteiger charge is -2.13. The van der Waals surface area contributed by atoms with Gasteiger partial charge in [0.05, 0.1) is 5.02 Å². The minimum Gasteiger partial charge on any atom is -0.349 e. The number of rotatable bonds is 3. The largest absolute Gasteiger partial charge is 0.349 e. The number of aromatic nitrogens is 1. The molecule has 1 unspecified atom stereocenters. The van der Waals surface area contributed by atoms with Crippen LogP contribution >= 0.6 is 11.6 Å². The summed E-state index contributed by atoms with van der Waals surface area (Å²) in [5.74, 6) is -0.312. The minimum absolute atomic E-state index is 0.189. The summed E-state index contributed by atoms with van der Waals surface area (Å²) in [7, 11) is 2.01. The van der Waals surface area contributed by atoms with Gasteiger partial charge in [0.1, 0.15) is 5.82 Å². The van der Waals surface area contributed by atoms with Gasteiger partial charge in [-0.05, 0) is 43.5 Å². The van der Waals surface area contributed by atoms with Gasteiger partial charge in [0, 0.05) is 30.5 Å². The van der Waals surface area contributed by atoms with Crippen molar-refractivity contribution in [1.82, 2.24) is 9.88 Å². The highest BCUT2D eigenvalue weighted by molar-refractivity contribution is 6.30. The molecule has 1 aromatic heterocycles. The molecule has 4 heteroatoms. The lowest BCUT2D eigenvalue weighted by atomic mass is 10.1. The summed E-state index contributed by atoms with van der Waals surface area (Å²) in [6, 6.07) is 5.59. The van der Waals surface area contributed by atoms with Gasteiger partial charge in [-0.25, -0.2) is 4.39 Å². The maximum Gasteiger partial charge on any atom is 0.146 e. The van der Waals surface area contributed by atoms with Crippen molar-refractivity contribution in [2.75, 3.05) is 7.05 Å². The van der Waals surface area contributed by atoms with E-state index in [9.17, 15) is 4.39 Å². The molecule has 1 heterocycles. The molecule has 1 aliphatic carbocycles. The van der Waals surface area contributed by atoms with E-state index in [1.54, 1.807) is 18.2 Å². The van der Waals surface area contributed by atoms with Crippen molar-refractivity contribution in [2.45, 2.75) is 38.3 Å². The highest BCUT2D eigenvalue weighted by Gasteiger charge is 2.19. The van der Waals surface area contributed by atoms with Gasteiger partial charge in [-0.3, -0.25) is 0 Å². The van der Waals surface area contributed by atoms with Crippen LogP contribution in [0.5, 0.6) is 0 Å². The first-order valence-electron chi connectivity index (χ1n) is 7.47. The lowest BCUT2D eigenvalue weighted by Crippen LogP contribution is -2.15. The second kappa shape index (κ2) is 6.20. The quantitative estimate of drug-likeness (QED) is 0.836. The topological polar surface area (TPSA) is 17.0 Å². The van der Waals surface area contributed by atoms with E-state index in [1.165, 1.54) is 30.4 Å². The fraction of sp³-hybridized carbons (Fsp3) is 0.412. The third-order valence-corrected chi connectivity index (χ3v) is 4.59. The van der Waals surface area contributed by atoms with Gasteiger partial charge in [0.25, 0.3) is 0 Å². The molecule has 21 heavy (non-hydrogen) atoms. The highest BCUT2D eigenvalue weighted by atomic mass is 35.5. The molecule has 112 valence electrons. The summed E-state index contributed by atoms with van der Waals surface area (Å²) in [5.41, 5.74) is 3.38. The van der Waals surface area contributed by atoms with Crippen LogP contribution in [0.1, 0.15) is 42.0 Å². The zero-order valence-corrected chi connectivity index (χ0v) is 13.0. The molecular weight excluding hydrogens is 287 g/mol. The van der Waals surface area contributed by atoms with Crippen LogP contribution in [0.2, 0.25) is 5.02 Å². The van der Waals surface area contributed by atoms with E-state index < -0.39 is 0 Å². The Morgan fingerprint density at radius 1 is 1.33 bits per heavy atom. The van der Waals surface area contributed by atoms with Crippen molar-refractivity contribution in [2.24, 2.45) is 0 Å². The monoisotopic (exact) mass is 306 g/mol. The van der Waals surface area contributed by atoms with Gasteiger partial charge in [-0.1, -0.05) is 30.2 Å². The summed E-state index contributed by atoms with van der Waals surface area (Å²) in [6.07, 6.45) is 9.06. The van der Waals surface area contributed by atoms with Crippen LogP contribution in [0.3, 0.4) is 0 Å². The number of hydrogen-bond donors (Lipinski definition) is 1. The van der Waals surface area contributed by atoms with E-state index in [1.807, 2.05) is 7.05 Å². The summed E-state index contributed by atoms with van der Waals surface area (Å²) >= 11 is 5.85. The third kappa shape index (κ3) is 2.99. The first-order valence-corrected chi connectivity index (χ1v) is 7.85. The molecule has 2 nitrogen and oxygen atoms in total. The standard InChI is InChI=1S/C17H20ClFN2/c1-20-16-8-3-2-5-12-9-21(11-14(12)16)10-13-6-4-7-15(18)17(13)19/h4,6-7,9,11,16,20H,2-3,5,8,10H2,1H3. The van der Waals surface area contributed by atoms with E-state index in [0.717, 1.165) is 6.42 Å². The van der Waals surface area contributed by atoms with Gasteiger partial charge in [-0.2, -0.15) is 0 Å². The van der Waals surface area contributed by atoms with Crippen molar-refractivity contribution in [1.29, 1.82) is 0 Å². The average molecular weight is 307 g/mol. The predicted molar refractivity (Wildman–Crippen MR) is 84.3 cm³/mol. The van der Waals surface area contributed by atoms with Gasteiger partial charge >= 0.3 is 0 Å². The van der Waals surface area contributed by atoms with E-state index >= 15 is 0 Å². The number of fused-ring (bicyclic) bond motifs is 1. The Morgan fingerprint density at radius 2 is 2.19 bits per heavy atom. The van der Waals surface area contributed by atoms with Gasteiger partial charge in [0.15, 0.2) is 0 Å². The Hall–Kier alpha value is -1.32. The number of nitrogens with zero attached hydrogens (tertiary/aromatic N) is 1. The molecule has 1 aromatic carbocycles. The summed E-state index contributed by atoms with van der Waals surface area (Å²) in [5, 5.41) is 3.58. The molecule has 3 rings (SSSR count). The van der Waals surface area contributed by atoms with E-state index in [4.69, 9.17) is 11.6 Å². The first kappa shape index (κ1) is 14.6. The predicted octanol–water partition coefficient (Wildman–Crippen LogP) is 4.32. The van der Waals surface area contributed by atoms with Crippen molar-refractivity contribution >= 4 is 11.6 Å². The highest BCUT2D eigenvalue weighted by Crippen LogP contribution is 2.29. The number of hydrogen-bond acceptors (Lipinski definition) is 1. The number of aryl methyl sites for hydroxylation is 1. The zero-order chi connectivity index (χ0) is 14.8. The van der Waals surface area contributed by atoms with E-state index in [2.05, 4.69) is 22.3 Å². The molecule has 1 atom stereocenters. The van der Waals surface area contributed by atoms with Crippen molar-refractivity contribution < 1.29 is 4.39 Å². The van der Waals surface area contributed by atoms with Crippen LogP contribution in [0.4, 0.5) is 4.39 Å². The van der Waals surface area contributed by atoms with Gasteiger partial charge in [0.2, 0.25) is 0 Å². The molecule has 1 aliphatic rings.